The van der Waals surface area contributed by atoms with E-state index in [9.17, 15) is 13.6 Å². The summed E-state index contributed by atoms with van der Waals surface area (Å²) in [7, 11) is 0. The van der Waals surface area contributed by atoms with Gasteiger partial charge in [0.15, 0.2) is 0 Å². The summed E-state index contributed by atoms with van der Waals surface area (Å²) >= 11 is 0. The van der Waals surface area contributed by atoms with Gasteiger partial charge < -0.3 is 15.0 Å². The minimum absolute atomic E-state index is 0.182. The summed E-state index contributed by atoms with van der Waals surface area (Å²) in [5.74, 6) is -1.61. The van der Waals surface area contributed by atoms with Gasteiger partial charge >= 0.3 is 0 Å². The molecule has 3 rings (SSSR count). The fourth-order valence-corrected chi connectivity index (χ4v) is 2.34. The standard InChI is InChI=1S/C16H15F2N3O2/c17-13-2-1-3-14(18)15(13)20-12-8-11(9-19-10-12)16(22)21-4-6-23-7-5-21/h1-3,8-10,20H,4-7H2. The Morgan fingerprint density at radius 3 is 2.57 bits per heavy atom. The van der Waals surface area contributed by atoms with Crippen molar-refractivity contribution in [2.45, 2.75) is 0 Å². The molecule has 0 spiro atoms. The van der Waals surface area contributed by atoms with Crippen LogP contribution >= 0.6 is 0 Å². The molecular formula is C16H15F2N3O2. The van der Waals surface area contributed by atoms with Gasteiger partial charge in [-0.1, -0.05) is 6.07 Å². The first kappa shape index (κ1) is 15.4. The van der Waals surface area contributed by atoms with Crippen molar-refractivity contribution in [3.63, 3.8) is 0 Å². The Morgan fingerprint density at radius 1 is 1.17 bits per heavy atom. The van der Waals surface area contributed by atoms with Crippen LogP contribution in [-0.2, 0) is 4.74 Å². The lowest BCUT2D eigenvalue weighted by Gasteiger charge is -2.26. The Kier molecular flexibility index (Phi) is 4.47. The highest BCUT2D eigenvalue weighted by Crippen LogP contribution is 2.23. The summed E-state index contributed by atoms with van der Waals surface area (Å²) in [6, 6.07) is 5.12. The topological polar surface area (TPSA) is 54.5 Å². The maximum absolute atomic E-state index is 13.7. The van der Waals surface area contributed by atoms with Crippen molar-refractivity contribution in [3.05, 3.63) is 53.9 Å². The number of amides is 1. The van der Waals surface area contributed by atoms with E-state index >= 15 is 0 Å². The van der Waals surface area contributed by atoms with Gasteiger partial charge in [-0.3, -0.25) is 9.78 Å². The molecule has 1 aromatic carbocycles. The number of ether oxygens (including phenoxy) is 1. The largest absolute Gasteiger partial charge is 0.378 e. The number of hydrogen-bond acceptors (Lipinski definition) is 4. The van der Waals surface area contributed by atoms with Crippen LogP contribution in [0.4, 0.5) is 20.2 Å². The highest BCUT2D eigenvalue weighted by atomic mass is 19.1. The van der Waals surface area contributed by atoms with Crippen LogP contribution < -0.4 is 5.32 Å². The number of aromatic nitrogens is 1. The number of morpholine rings is 1. The number of hydrogen-bond donors (Lipinski definition) is 1. The van der Waals surface area contributed by atoms with E-state index in [1.54, 1.807) is 4.90 Å². The van der Waals surface area contributed by atoms with E-state index in [1.165, 1.54) is 24.5 Å². The van der Waals surface area contributed by atoms with Crippen LogP contribution in [0.5, 0.6) is 0 Å². The van der Waals surface area contributed by atoms with Crippen LogP contribution in [0.3, 0.4) is 0 Å². The number of carbonyl (C=O) groups is 1. The highest BCUT2D eigenvalue weighted by Gasteiger charge is 2.19. The van der Waals surface area contributed by atoms with E-state index in [2.05, 4.69) is 10.3 Å². The summed E-state index contributed by atoms with van der Waals surface area (Å²) in [4.78, 5) is 18.0. The van der Waals surface area contributed by atoms with Gasteiger partial charge in [0.05, 0.1) is 30.7 Å². The molecule has 1 saturated heterocycles. The van der Waals surface area contributed by atoms with E-state index in [0.29, 0.717) is 37.6 Å². The molecular weight excluding hydrogens is 304 g/mol. The molecule has 1 aromatic heterocycles. The molecule has 0 aliphatic carbocycles. The van der Waals surface area contributed by atoms with Gasteiger partial charge in [0, 0.05) is 19.3 Å². The molecule has 2 aromatic rings. The van der Waals surface area contributed by atoms with Gasteiger partial charge in [-0.25, -0.2) is 8.78 Å². The molecule has 0 unspecified atom stereocenters. The van der Waals surface area contributed by atoms with Gasteiger partial charge in [0.2, 0.25) is 0 Å². The summed E-state index contributed by atoms with van der Waals surface area (Å²) in [6.07, 6.45) is 2.84. The number of pyridine rings is 1. The maximum Gasteiger partial charge on any atom is 0.255 e. The van der Waals surface area contributed by atoms with E-state index < -0.39 is 11.6 Å². The molecule has 23 heavy (non-hydrogen) atoms. The molecule has 1 aliphatic rings. The molecule has 2 heterocycles. The zero-order chi connectivity index (χ0) is 16.2. The number of halogens is 2. The molecule has 5 nitrogen and oxygen atoms in total. The molecule has 0 radical (unpaired) electrons. The SMILES string of the molecule is O=C(c1cncc(Nc2c(F)cccc2F)c1)N1CCOCC1. The second kappa shape index (κ2) is 6.70. The molecule has 0 bridgehead atoms. The lowest BCUT2D eigenvalue weighted by Crippen LogP contribution is -2.40. The molecule has 1 fully saturated rings. The fraction of sp³-hybridized carbons (Fsp3) is 0.250. The molecule has 0 saturated carbocycles. The Hall–Kier alpha value is -2.54. The first-order chi connectivity index (χ1) is 11.1. The van der Waals surface area contributed by atoms with E-state index in [0.717, 1.165) is 12.1 Å². The third-order valence-corrected chi connectivity index (χ3v) is 3.52. The van der Waals surface area contributed by atoms with Gasteiger partial charge in [-0.15, -0.1) is 0 Å². The molecule has 1 aliphatic heterocycles. The van der Waals surface area contributed by atoms with E-state index in [4.69, 9.17) is 4.74 Å². The Bertz CT molecular complexity index is 698. The fourth-order valence-electron chi connectivity index (χ4n) is 2.34. The lowest BCUT2D eigenvalue weighted by molar-refractivity contribution is 0.0302. The zero-order valence-electron chi connectivity index (χ0n) is 12.3. The van der Waals surface area contributed by atoms with E-state index in [1.807, 2.05) is 0 Å². The van der Waals surface area contributed by atoms with Crippen molar-refractivity contribution >= 4 is 17.3 Å². The van der Waals surface area contributed by atoms with Crippen LogP contribution in [0, 0.1) is 11.6 Å². The molecule has 1 N–H and O–H groups in total. The van der Waals surface area contributed by atoms with Crippen LogP contribution in [0.1, 0.15) is 10.4 Å². The quantitative estimate of drug-likeness (QED) is 0.945. The van der Waals surface area contributed by atoms with Crippen molar-refractivity contribution in [2.75, 3.05) is 31.6 Å². The number of para-hydroxylation sites is 1. The van der Waals surface area contributed by atoms with E-state index in [-0.39, 0.29) is 11.6 Å². The summed E-state index contributed by atoms with van der Waals surface area (Å²) in [5, 5.41) is 2.63. The summed E-state index contributed by atoms with van der Waals surface area (Å²) in [5.41, 5.74) is 0.423. The number of rotatable bonds is 3. The Labute approximate surface area is 131 Å². The van der Waals surface area contributed by atoms with Gasteiger partial charge in [-0.2, -0.15) is 0 Å². The molecule has 1 amide bonds. The van der Waals surface area contributed by atoms with Gasteiger partial charge in [0.25, 0.3) is 5.91 Å². The summed E-state index contributed by atoms with van der Waals surface area (Å²) in [6.45, 7) is 2.02. The minimum Gasteiger partial charge on any atom is -0.378 e. The van der Waals surface area contributed by atoms with Crippen molar-refractivity contribution in [1.82, 2.24) is 9.88 Å². The Morgan fingerprint density at radius 2 is 1.87 bits per heavy atom. The van der Waals surface area contributed by atoms with Crippen LogP contribution in [0.2, 0.25) is 0 Å². The third kappa shape index (κ3) is 3.45. The number of benzene rings is 1. The summed E-state index contributed by atoms with van der Waals surface area (Å²) < 4.78 is 32.6. The number of nitrogens with zero attached hydrogens (tertiary/aromatic N) is 2. The van der Waals surface area contributed by atoms with Crippen LogP contribution in [-0.4, -0.2) is 42.1 Å². The second-order valence-electron chi connectivity index (χ2n) is 5.09. The number of anilines is 2. The molecule has 7 heteroatoms. The van der Waals surface area contributed by atoms with Crippen molar-refractivity contribution in [1.29, 1.82) is 0 Å². The average molecular weight is 319 g/mol. The maximum atomic E-state index is 13.7. The lowest BCUT2D eigenvalue weighted by atomic mass is 10.2. The first-order valence-electron chi connectivity index (χ1n) is 7.18. The molecule has 0 atom stereocenters. The van der Waals surface area contributed by atoms with Crippen LogP contribution in [0.25, 0.3) is 0 Å². The van der Waals surface area contributed by atoms with Gasteiger partial charge in [-0.05, 0) is 18.2 Å². The number of nitrogens with one attached hydrogen (secondary N) is 1. The van der Waals surface area contributed by atoms with Crippen LogP contribution in [0.15, 0.2) is 36.7 Å². The predicted molar refractivity (Wildman–Crippen MR) is 80.6 cm³/mol. The molecule has 120 valence electrons. The number of carbonyl (C=O) groups excluding carboxylic acids is 1. The Balaban J connectivity index is 1.81. The predicted octanol–water partition coefficient (Wildman–Crippen LogP) is 2.58. The average Bonchev–Trinajstić information content (AvgIpc) is 2.59. The highest BCUT2D eigenvalue weighted by molar-refractivity contribution is 5.95. The van der Waals surface area contributed by atoms with Crippen molar-refractivity contribution in [3.8, 4) is 0 Å². The second-order valence-corrected chi connectivity index (χ2v) is 5.09. The smallest absolute Gasteiger partial charge is 0.255 e. The van der Waals surface area contributed by atoms with Crippen molar-refractivity contribution in [2.24, 2.45) is 0 Å². The van der Waals surface area contributed by atoms with Gasteiger partial charge in [0.1, 0.15) is 17.3 Å². The van der Waals surface area contributed by atoms with Crippen molar-refractivity contribution < 1.29 is 18.3 Å². The monoisotopic (exact) mass is 319 g/mol. The zero-order valence-corrected chi connectivity index (χ0v) is 12.3. The normalized spacial score (nSPS) is 14.6. The third-order valence-electron chi connectivity index (χ3n) is 3.52. The minimum atomic E-state index is -0.713. The first-order valence-corrected chi connectivity index (χ1v) is 7.18.